The van der Waals surface area contributed by atoms with Crippen molar-refractivity contribution in [3.63, 3.8) is 0 Å². The van der Waals surface area contributed by atoms with Crippen molar-refractivity contribution in [2.45, 2.75) is 5.92 Å². The van der Waals surface area contributed by atoms with Gasteiger partial charge in [-0.2, -0.15) is 5.26 Å². The van der Waals surface area contributed by atoms with Crippen molar-refractivity contribution in [1.82, 2.24) is 10.3 Å². The molecule has 2 rings (SSSR count). The van der Waals surface area contributed by atoms with Gasteiger partial charge in [-0.3, -0.25) is 15.1 Å². The van der Waals surface area contributed by atoms with E-state index in [1.165, 1.54) is 12.3 Å². The summed E-state index contributed by atoms with van der Waals surface area (Å²) in [5.74, 6) is -0.0697. The van der Waals surface area contributed by atoms with Crippen molar-refractivity contribution in [3.05, 3.63) is 34.1 Å². The SMILES string of the molecule is N#C[C@@H]1CNC[C@H]1c1ccc([N+](=O)[O-])cn1. The Kier molecular flexibility index (Phi) is 2.79. The van der Waals surface area contributed by atoms with E-state index < -0.39 is 4.92 Å². The summed E-state index contributed by atoms with van der Waals surface area (Å²) in [4.78, 5) is 14.0. The Morgan fingerprint density at radius 3 is 2.94 bits per heavy atom. The molecule has 1 aromatic heterocycles. The highest BCUT2D eigenvalue weighted by molar-refractivity contribution is 5.29. The number of nitrogens with zero attached hydrogens (tertiary/aromatic N) is 3. The normalized spacial score (nSPS) is 23.9. The van der Waals surface area contributed by atoms with Crippen LogP contribution in [0.3, 0.4) is 0 Å². The number of nitriles is 1. The third kappa shape index (κ3) is 1.85. The average molecular weight is 218 g/mol. The lowest BCUT2D eigenvalue weighted by atomic mass is 9.94. The number of hydrogen-bond donors (Lipinski definition) is 1. The van der Waals surface area contributed by atoms with Crippen LogP contribution in [0.1, 0.15) is 11.6 Å². The highest BCUT2D eigenvalue weighted by atomic mass is 16.6. The van der Waals surface area contributed by atoms with Crippen LogP contribution in [-0.4, -0.2) is 23.0 Å². The molecule has 1 fully saturated rings. The highest BCUT2D eigenvalue weighted by Gasteiger charge is 2.29. The molecule has 1 N–H and O–H groups in total. The van der Waals surface area contributed by atoms with Crippen molar-refractivity contribution in [2.24, 2.45) is 5.92 Å². The van der Waals surface area contributed by atoms with E-state index in [-0.39, 0.29) is 17.5 Å². The molecular weight excluding hydrogens is 208 g/mol. The van der Waals surface area contributed by atoms with E-state index in [1.807, 2.05) is 0 Å². The van der Waals surface area contributed by atoms with E-state index in [0.717, 1.165) is 5.69 Å². The van der Waals surface area contributed by atoms with E-state index in [9.17, 15) is 10.1 Å². The Labute approximate surface area is 92.1 Å². The summed E-state index contributed by atoms with van der Waals surface area (Å²) in [6.45, 7) is 1.35. The van der Waals surface area contributed by atoms with Gasteiger partial charge in [-0.1, -0.05) is 0 Å². The Balaban J connectivity index is 2.22. The monoisotopic (exact) mass is 218 g/mol. The third-order valence-corrected chi connectivity index (χ3v) is 2.74. The van der Waals surface area contributed by atoms with E-state index in [4.69, 9.17) is 5.26 Å². The van der Waals surface area contributed by atoms with Crippen molar-refractivity contribution >= 4 is 5.69 Å². The molecule has 0 aromatic carbocycles. The molecule has 6 nitrogen and oxygen atoms in total. The molecule has 1 aromatic rings. The molecule has 0 bridgehead atoms. The maximum atomic E-state index is 10.5. The molecule has 0 saturated carbocycles. The quantitative estimate of drug-likeness (QED) is 0.586. The standard InChI is InChI=1S/C10H10N4O2/c11-3-7-4-12-6-9(7)10-2-1-8(5-13-10)14(15)16/h1-2,5,7,9,12H,4,6H2/t7-,9-/m1/s1. The summed E-state index contributed by atoms with van der Waals surface area (Å²) in [6, 6.07) is 5.26. The van der Waals surface area contributed by atoms with E-state index >= 15 is 0 Å². The molecule has 6 heteroatoms. The average Bonchev–Trinajstić information content (AvgIpc) is 2.77. The van der Waals surface area contributed by atoms with Crippen molar-refractivity contribution in [1.29, 1.82) is 5.26 Å². The summed E-state index contributed by atoms with van der Waals surface area (Å²) < 4.78 is 0. The molecule has 82 valence electrons. The lowest BCUT2D eigenvalue weighted by Gasteiger charge is -2.10. The first-order valence-electron chi connectivity index (χ1n) is 4.93. The van der Waals surface area contributed by atoms with Crippen LogP contribution in [0, 0.1) is 27.4 Å². The first-order valence-corrected chi connectivity index (χ1v) is 4.93. The predicted molar refractivity (Wildman–Crippen MR) is 55.6 cm³/mol. The van der Waals surface area contributed by atoms with Crippen LogP contribution in [0.25, 0.3) is 0 Å². The minimum absolute atomic E-state index is 0.0248. The molecule has 0 spiro atoms. The molecule has 0 amide bonds. The lowest BCUT2D eigenvalue weighted by molar-refractivity contribution is -0.385. The van der Waals surface area contributed by atoms with Gasteiger partial charge in [0.25, 0.3) is 5.69 Å². The van der Waals surface area contributed by atoms with Crippen molar-refractivity contribution < 1.29 is 4.92 Å². The molecule has 1 saturated heterocycles. The molecule has 2 atom stereocenters. The van der Waals surface area contributed by atoms with Crippen molar-refractivity contribution in [2.75, 3.05) is 13.1 Å². The number of hydrogen-bond acceptors (Lipinski definition) is 5. The van der Waals surface area contributed by atoms with Crippen molar-refractivity contribution in [3.8, 4) is 6.07 Å². The van der Waals surface area contributed by atoms with Gasteiger partial charge in [0, 0.05) is 30.8 Å². The molecule has 16 heavy (non-hydrogen) atoms. The zero-order valence-electron chi connectivity index (χ0n) is 8.46. The van der Waals surface area contributed by atoms with Gasteiger partial charge < -0.3 is 5.32 Å². The van der Waals surface area contributed by atoms with Gasteiger partial charge in [-0.15, -0.1) is 0 Å². The fourth-order valence-corrected chi connectivity index (χ4v) is 1.85. The smallest absolute Gasteiger partial charge is 0.287 e. The molecule has 2 heterocycles. The van der Waals surface area contributed by atoms with Crippen LogP contribution in [0.5, 0.6) is 0 Å². The Morgan fingerprint density at radius 2 is 2.38 bits per heavy atom. The van der Waals surface area contributed by atoms with Crippen LogP contribution in [0.2, 0.25) is 0 Å². The number of aromatic nitrogens is 1. The van der Waals surface area contributed by atoms with Crippen LogP contribution in [0.15, 0.2) is 18.3 Å². The molecular formula is C10H10N4O2. The maximum Gasteiger partial charge on any atom is 0.287 e. The van der Waals surface area contributed by atoms with Gasteiger partial charge >= 0.3 is 0 Å². The number of nitro groups is 1. The molecule has 1 aliphatic heterocycles. The Bertz CT molecular complexity index is 437. The second-order valence-corrected chi connectivity index (χ2v) is 3.70. The minimum Gasteiger partial charge on any atom is -0.315 e. The maximum absolute atomic E-state index is 10.5. The fraction of sp³-hybridized carbons (Fsp3) is 0.400. The van der Waals surface area contributed by atoms with Gasteiger partial charge in [-0.05, 0) is 6.07 Å². The van der Waals surface area contributed by atoms with Gasteiger partial charge in [0.2, 0.25) is 0 Å². The van der Waals surface area contributed by atoms with Crippen LogP contribution in [0.4, 0.5) is 5.69 Å². The Morgan fingerprint density at radius 1 is 1.56 bits per heavy atom. The number of rotatable bonds is 2. The lowest BCUT2D eigenvalue weighted by Crippen LogP contribution is -2.10. The van der Waals surface area contributed by atoms with E-state index in [2.05, 4.69) is 16.4 Å². The van der Waals surface area contributed by atoms with Gasteiger partial charge in [0.15, 0.2) is 0 Å². The zero-order valence-corrected chi connectivity index (χ0v) is 8.46. The summed E-state index contributed by atoms with van der Waals surface area (Å²) in [5, 5.41) is 22.5. The van der Waals surface area contributed by atoms with Gasteiger partial charge in [0.1, 0.15) is 6.20 Å². The topological polar surface area (TPSA) is 91.8 Å². The van der Waals surface area contributed by atoms with Crippen LogP contribution >= 0.6 is 0 Å². The number of pyridine rings is 1. The number of nitrogens with one attached hydrogen (secondary N) is 1. The molecule has 0 aliphatic carbocycles. The first kappa shape index (κ1) is 10.5. The van der Waals surface area contributed by atoms with Gasteiger partial charge in [-0.25, -0.2) is 0 Å². The summed E-state index contributed by atoms with van der Waals surface area (Å²) in [6.07, 6.45) is 1.24. The predicted octanol–water partition coefficient (Wildman–Crippen LogP) is 0.816. The second kappa shape index (κ2) is 4.24. The van der Waals surface area contributed by atoms with Crippen LogP contribution in [-0.2, 0) is 0 Å². The molecule has 1 aliphatic rings. The third-order valence-electron chi connectivity index (χ3n) is 2.74. The second-order valence-electron chi connectivity index (χ2n) is 3.70. The molecule has 0 radical (unpaired) electrons. The largest absolute Gasteiger partial charge is 0.315 e. The molecule has 0 unspecified atom stereocenters. The fourth-order valence-electron chi connectivity index (χ4n) is 1.85. The van der Waals surface area contributed by atoms with Crippen LogP contribution < -0.4 is 5.32 Å². The summed E-state index contributed by atoms with van der Waals surface area (Å²) in [5.41, 5.74) is 0.713. The summed E-state index contributed by atoms with van der Waals surface area (Å²) >= 11 is 0. The van der Waals surface area contributed by atoms with Gasteiger partial charge in [0.05, 0.1) is 16.9 Å². The minimum atomic E-state index is -0.481. The first-order chi connectivity index (χ1) is 7.72. The van der Waals surface area contributed by atoms with E-state index in [0.29, 0.717) is 13.1 Å². The zero-order chi connectivity index (χ0) is 11.5. The Hall–Kier alpha value is -2.00. The summed E-state index contributed by atoms with van der Waals surface area (Å²) in [7, 11) is 0. The van der Waals surface area contributed by atoms with E-state index in [1.54, 1.807) is 6.07 Å². The highest BCUT2D eigenvalue weighted by Crippen LogP contribution is 2.26.